The van der Waals surface area contributed by atoms with E-state index in [1.54, 1.807) is 0 Å². The highest BCUT2D eigenvalue weighted by Gasteiger charge is 2.14. The molecule has 1 rings (SSSR count). The van der Waals surface area contributed by atoms with Crippen LogP contribution in [0.15, 0.2) is 0 Å². The summed E-state index contributed by atoms with van der Waals surface area (Å²) in [5.74, 6) is -0.529. The van der Waals surface area contributed by atoms with Gasteiger partial charge >= 0.3 is 0 Å². The maximum atomic E-state index is 10.9. The second kappa shape index (κ2) is 4.04. The van der Waals surface area contributed by atoms with Gasteiger partial charge in [0.1, 0.15) is 0 Å². The molecule has 1 aromatic heterocycles. The molecule has 0 unspecified atom stereocenters. The Kier molecular flexibility index (Phi) is 3.02. The quantitative estimate of drug-likeness (QED) is 0.607. The first-order valence-electron chi connectivity index (χ1n) is 4.26. The molecule has 5 N–H and O–H groups in total. The number of aryl methyl sites for hydroxylation is 1. The van der Waals surface area contributed by atoms with Crippen LogP contribution in [0.4, 0.5) is 0 Å². The van der Waals surface area contributed by atoms with Gasteiger partial charge in [0.15, 0.2) is 5.69 Å². The van der Waals surface area contributed by atoms with E-state index >= 15 is 0 Å². The minimum Gasteiger partial charge on any atom is -0.364 e. The summed E-state index contributed by atoms with van der Waals surface area (Å²) in [5, 5.41) is 6.60. The van der Waals surface area contributed by atoms with Gasteiger partial charge in [0.05, 0.1) is 0 Å². The molecule has 0 bridgehead atoms. The number of nitrogens with zero attached hydrogens (tertiary/aromatic N) is 1. The Bertz CT molecular complexity index is 305. The Morgan fingerprint density at radius 3 is 2.77 bits per heavy atom. The number of aromatic nitrogens is 2. The van der Waals surface area contributed by atoms with Crippen molar-refractivity contribution in [1.82, 2.24) is 10.2 Å². The molecule has 1 amide bonds. The lowest BCUT2D eigenvalue weighted by atomic mass is 10.1. The average molecular weight is 182 g/mol. The van der Waals surface area contributed by atoms with Crippen LogP contribution in [-0.2, 0) is 13.0 Å². The highest BCUT2D eigenvalue weighted by atomic mass is 16.1. The number of carbonyl (C=O) groups excluding carboxylic acids is 1. The number of hydrogen-bond acceptors (Lipinski definition) is 3. The van der Waals surface area contributed by atoms with E-state index < -0.39 is 5.91 Å². The van der Waals surface area contributed by atoms with E-state index in [2.05, 4.69) is 10.2 Å². The van der Waals surface area contributed by atoms with Crippen LogP contribution in [-0.4, -0.2) is 16.1 Å². The molecule has 0 spiro atoms. The summed E-state index contributed by atoms with van der Waals surface area (Å²) in [6.45, 7) is 2.34. The molecule has 0 saturated carbocycles. The number of nitrogens with one attached hydrogen (secondary N) is 1. The second-order valence-electron chi connectivity index (χ2n) is 2.85. The lowest BCUT2D eigenvalue weighted by molar-refractivity contribution is 0.0994. The van der Waals surface area contributed by atoms with Crippen LogP contribution in [0.5, 0.6) is 0 Å². The summed E-state index contributed by atoms with van der Waals surface area (Å²) in [6, 6.07) is 0. The number of H-pyrrole nitrogens is 1. The predicted molar refractivity (Wildman–Crippen MR) is 49.0 cm³/mol. The number of rotatable bonds is 4. The Morgan fingerprint density at radius 1 is 1.62 bits per heavy atom. The predicted octanol–water partition coefficient (Wildman–Crippen LogP) is -0.0802. The van der Waals surface area contributed by atoms with Crippen LogP contribution in [0, 0.1) is 0 Å². The molecular formula is C8H14N4O. The molecule has 1 heterocycles. The number of nitrogens with two attached hydrogens (primary N) is 2. The molecule has 0 radical (unpaired) electrons. The summed E-state index contributed by atoms with van der Waals surface area (Å²) in [6.07, 6.45) is 1.82. The summed E-state index contributed by atoms with van der Waals surface area (Å²) in [7, 11) is 0. The van der Waals surface area contributed by atoms with Crippen molar-refractivity contribution >= 4 is 5.91 Å². The van der Waals surface area contributed by atoms with Gasteiger partial charge in [-0.05, 0) is 6.42 Å². The van der Waals surface area contributed by atoms with Gasteiger partial charge in [0, 0.05) is 17.8 Å². The first-order valence-corrected chi connectivity index (χ1v) is 4.26. The Labute approximate surface area is 76.5 Å². The van der Waals surface area contributed by atoms with Crippen molar-refractivity contribution in [3.63, 3.8) is 0 Å². The average Bonchev–Trinajstić information content (AvgIpc) is 2.48. The molecule has 0 aromatic carbocycles. The number of hydrogen-bond donors (Lipinski definition) is 3. The summed E-state index contributed by atoms with van der Waals surface area (Å²) in [4.78, 5) is 10.9. The van der Waals surface area contributed by atoms with Crippen molar-refractivity contribution in [3.8, 4) is 0 Å². The van der Waals surface area contributed by atoms with Crippen molar-refractivity contribution in [2.45, 2.75) is 26.3 Å². The minimum absolute atomic E-state index is 0.269. The van der Waals surface area contributed by atoms with Gasteiger partial charge in [0.25, 0.3) is 5.91 Å². The van der Waals surface area contributed by atoms with Gasteiger partial charge in [-0.3, -0.25) is 9.89 Å². The van der Waals surface area contributed by atoms with Crippen molar-refractivity contribution in [2.24, 2.45) is 11.5 Å². The smallest absolute Gasteiger partial charge is 0.269 e. The Morgan fingerprint density at radius 2 is 2.31 bits per heavy atom. The standard InChI is InChI=1S/C8H14N4O/c1-2-3-6-5(4-9)7(8(10)13)12-11-6/h2-4,9H2,1H3,(H2,10,13)(H,11,12). The topological polar surface area (TPSA) is 97.8 Å². The van der Waals surface area contributed by atoms with E-state index in [4.69, 9.17) is 11.5 Å². The van der Waals surface area contributed by atoms with E-state index in [1.807, 2.05) is 6.92 Å². The van der Waals surface area contributed by atoms with E-state index in [0.717, 1.165) is 24.1 Å². The number of primary amides is 1. The molecule has 1 aromatic rings. The van der Waals surface area contributed by atoms with E-state index in [1.165, 1.54) is 0 Å². The van der Waals surface area contributed by atoms with Crippen molar-refractivity contribution in [3.05, 3.63) is 17.0 Å². The zero-order valence-corrected chi connectivity index (χ0v) is 7.63. The minimum atomic E-state index is -0.529. The molecule has 0 fully saturated rings. The van der Waals surface area contributed by atoms with Gasteiger partial charge in [-0.1, -0.05) is 13.3 Å². The fraction of sp³-hybridized carbons (Fsp3) is 0.500. The molecular weight excluding hydrogens is 168 g/mol. The Hall–Kier alpha value is -1.36. The molecule has 5 nitrogen and oxygen atoms in total. The maximum Gasteiger partial charge on any atom is 0.269 e. The SMILES string of the molecule is CCCc1[nH]nc(C(N)=O)c1CN. The van der Waals surface area contributed by atoms with Gasteiger partial charge < -0.3 is 11.5 Å². The van der Waals surface area contributed by atoms with Crippen LogP contribution < -0.4 is 11.5 Å². The molecule has 13 heavy (non-hydrogen) atoms. The molecule has 0 saturated heterocycles. The zero-order valence-electron chi connectivity index (χ0n) is 7.63. The first-order chi connectivity index (χ1) is 6.20. The normalized spacial score (nSPS) is 10.3. The molecule has 5 heteroatoms. The summed E-state index contributed by atoms with van der Waals surface area (Å²) < 4.78 is 0. The van der Waals surface area contributed by atoms with Gasteiger partial charge in [-0.2, -0.15) is 5.10 Å². The summed E-state index contributed by atoms with van der Waals surface area (Å²) >= 11 is 0. The van der Waals surface area contributed by atoms with Crippen LogP contribution in [0.2, 0.25) is 0 Å². The lowest BCUT2D eigenvalue weighted by Gasteiger charge is -1.98. The van der Waals surface area contributed by atoms with Gasteiger partial charge in [-0.15, -0.1) is 0 Å². The fourth-order valence-corrected chi connectivity index (χ4v) is 1.28. The highest BCUT2D eigenvalue weighted by Crippen LogP contribution is 2.11. The van der Waals surface area contributed by atoms with Crippen molar-refractivity contribution in [2.75, 3.05) is 0 Å². The van der Waals surface area contributed by atoms with Crippen LogP contribution in [0.25, 0.3) is 0 Å². The Balaban J connectivity index is 3.03. The van der Waals surface area contributed by atoms with Crippen LogP contribution in [0.3, 0.4) is 0 Å². The fourth-order valence-electron chi connectivity index (χ4n) is 1.28. The first kappa shape index (κ1) is 9.73. The highest BCUT2D eigenvalue weighted by molar-refractivity contribution is 5.92. The molecule has 0 aliphatic heterocycles. The van der Waals surface area contributed by atoms with Gasteiger partial charge in [-0.25, -0.2) is 0 Å². The maximum absolute atomic E-state index is 10.9. The molecule has 72 valence electrons. The molecule has 0 aliphatic rings. The van der Waals surface area contributed by atoms with Gasteiger partial charge in [0.2, 0.25) is 0 Å². The molecule has 0 aliphatic carbocycles. The number of carbonyl (C=O) groups is 1. The third kappa shape index (κ3) is 1.86. The van der Waals surface area contributed by atoms with Crippen molar-refractivity contribution in [1.29, 1.82) is 0 Å². The molecule has 0 atom stereocenters. The monoisotopic (exact) mass is 182 g/mol. The van der Waals surface area contributed by atoms with Crippen LogP contribution >= 0.6 is 0 Å². The lowest BCUT2D eigenvalue weighted by Crippen LogP contribution is -2.15. The largest absolute Gasteiger partial charge is 0.364 e. The van der Waals surface area contributed by atoms with E-state index in [0.29, 0.717) is 6.54 Å². The van der Waals surface area contributed by atoms with E-state index in [9.17, 15) is 4.79 Å². The number of amides is 1. The second-order valence-corrected chi connectivity index (χ2v) is 2.85. The zero-order chi connectivity index (χ0) is 9.84. The van der Waals surface area contributed by atoms with E-state index in [-0.39, 0.29) is 5.69 Å². The third-order valence-corrected chi connectivity index (χ3v) is 1.89. The van der Waals surface area contributed by atoms with Crippen molar-refractivity contribution < 1.29 is 4.79 Å². The summed E-state index contributed by atoms with van der Waals surface area (Å²) in [5.41, 5.74) is 12.5. The third-order valence-electron chi connectivity index (χ3n) is 1.89. The van der Waals surface area contributed by atoms with Crippen LogP contribution in [0.1, 0.15) is 35.1 Å². The number of aromatic amines is 1.